The third-order valence-corrected chi connectivity index (χ3v) is 4.96. The topological polar surface area (TPSA) is 22.1 Å². The van der Waals surface area contributed by atoms with Crippen molar-refractivity contribution in [1.82, 2.24) is 4.98 Å². The van der Waals surface area contributed by atoms with Gasteiger partial charge in [0.25, 0.3) is 0 Å². The normalized spacial score (nSPS) is 12.2. The molecule has 1 aromatic carbocycles. The first-order chi connectivity index (χ1) is 9.20. The summed E-state index contributed by atoms with van der Waals surface area (Å²) in [6.07, 6.45) is 0. The standard InChI is InChI=1S/C15H19Br2NOSi/c1-15(2,3)13-11(17)8-10(16)9-6-7-12(18-14(9)13)19-20(4)5/h6-8,20H,1-5H3. The highest BCUT2D eigenvalue weighted by Crippen LogP contribution is 2.39. The first kappa shape index (κ1) is 16.0. The first-order valence-corrected chi connectivity index (χ1v) is 11.0. The lowest BCUT2D eigenvalue weighted by molar-refractivity contribution is 0.555. The SMILES string of the molecule is C[SiH](C)Oc1ccc2c(Br)cc(Br)c(C(C)(C)C)c2n1. The van der Waals surface area contributed by atoms with Crippen molar-refractivity contribution < 1.29 is 4.43 Å². The fourth-order valence-electron chi connectivity index (χ4n) is 2.22. The molecule has 2 rings (SSSR count). The quantitative estimate of drug-likeness (QED) is 0.609. The molecule has 0 aliphatic carbocycles. The predicted molar refractivity (Wildman–Crippen MR) is 95.3 cm³/mol. The van der Waals surface area contributed by atoms with Crippen LogP contribution in [-0.4, -0.2) is 14.0 Å². The number of benzene rings is 1. The van der Waals surface area contributed by atoms with Crippen LogP contribution in [-0.2, 0) is 5.41 Å². The summed E-state index contributed by atoms with van der Waals surface area (Å²) in [6, 6.07) is 6.14. The van der Waals surface area contributed by atoms with E-state index in [4.69, 9.17) is 9.41 Å². The maximum Gasteiger partial charge on any atom is 0.231 e. The molecule has 0 fully saturated rings. The van der Waals surface area contributed by atoms with Crippen LogP contribution in [0.1, 0.15) is 26.3 Å². The Kier molecular flexibility index (Phi) is 4.62. The second-order valence-corrected chi connectivity index (χ2v) is 10.2. The monoisotopic (exact) mass is 415 g/mol. The zero-order valence-electron chi connectivity index (χ0n) is 12.4. The van der Waals surface area contributed by atoms with Gasteiger partial charge in [-0.05, 0) is 42.3 Å². The molecule has 0 N–H and O–H groups in total. The zero-order chi connectivity index (χ0) is 15.1. The number of pyridine rings is 1. The van der Waals surface area contributed by atoms with Crippen molar-refractivity contribution in [2.24, 2.45) is 0 Å². The average Bonchev–Trinajstić information content (AvgIpc) is 2.25. The van der Waals surface area contributed by atoms with E-state index in [0.29, 0.717) is 0 Å². The van der Waals surface area contributed by atoms with Gasteiger partial charge in [-0.2, -0.15) is 0 Å². The number of fused-ring (bicyclic) bond motifs is 1. The molecular weight excluding hydrogens is 398 g/mol. The number of halogens is 2. The van der Waals surface area contributed by atoms with Crippen LogP contribution in [0.25, 0.3) is 10.9 Å². The molecule has 0 atom stereocenters. The van der Waals surface area contributed by atoms with Crippen LogP contribution < -0.4 is 4.43 Å². The van der Waals surface area contributed by atoms with Crippen molar-refractivity contribution in [1.29, 1.82) is 0 Å². The molecule has 0 aliphatic rings. The number of hydrogen-bond donors (Lipinski definition) is 0. The molecule has 5 heteroatoms. The second kappa shape index (κ2) is 5.77. The van der Waals surface area contributed by atoms with E-state index in [-0.39, 0.29) is 5.41 Å². The Morgan fingerprint density at radius 3 is 2.30 bits per heavy atom. The third kappa shape index (κ3) is 3.26. The maximum atomic E-state index is 5.87. The Labute approximate surface area is 138 Å². The molecular formula is C15H19Br2NOSi. The summed E-state index contributed by atoms with van der Waals surface area (Å²) >= 11 is 7.30. The fraction of sp³-hybridized carbons (Fsp3) is 0.400. The minimum absolute atomic E-state index is 0.0126. The molecule has 108 valence electrons. The van der Waals surface area contributed by atoms with E-state index < -0.39 is 9.04 Å². The lowest BCUT2D eigenvalue weighted by atomic mass is 9.85. The average molecular weight is 417 g/mol. The molecule has 1 aromatic heterocycles. The van der Waals surface area contributed by atoms with E-state index in [1.807, 2.05) is 6.07 Å². The van der Waals surface area contributed by atoms with E-state index in [2.05, 4.69) is 77.9 Å². The van der Waals surface area contributed by atoms with Gasteiger partial charge in [-0.25, -0.2) is 4.98 Å². The van der Waals surface area contributed by atoms with Crippen molar-refractivity contribution in [2.45, 2.75) is 39.3 Å². The molecule has 0 radical (unpaired) electrons. The van der Waals surface area contributed by atoms with Gasteiger partial charge in [0, 0.05) is 14.3 Å². The highest BCUT2D eigenvalue weighted by Gasteiger charge is 2.23. The summed E-state index contributed by atoms with van der Waals surface area (Å²) in [7, 11) is -1.15. The molecule has 0 bridgehead atoms. The highest BCUT2D eigenvalue weighted by molar-refractivity contribution is 9.11. The summed E-state index contributed by atoms with van der Waals surface area (Å²) in [5.74, 6) is 0.731. The van der Waals surface area contributed by atoms with Crippen LogP contribution in [0.5, 0.6) is 5.88 Å². The lowest BCUT2D eigenvalue weighted by Gasteiger charge is -2.23. The Hall–Kier alpha value is -0.393. The van der Waals surface area contributed by atoms with Crippen LogP contribution in [0.2, 0.25) is 13.1 Å². The van der Waals surface area contributed by atoms with E-state index in [0.717, 1.165) is 25.7 Å². The molecule has 0 amide bonds. The Balaban J connectivity index is 2.76. The van der Waals surface area contributed by atoms with Crippen molar-refractivity contribution in [3.63, 3.8) is 0 Å². The van der Waals surface area contributed by atoms with Crippen molar-refractivity contribution >= 4 is 51.8 Å². The largest absolute Gasteiger partial charge is 0.534 e. The van der Waals surface area contributed by atoms with Crippen molar-refractivity contribution in [3.05, 3.63) is 32.7 Å². The molecule has 0 unspecified atom stereocenters. The zero-order valence-corrected chi connectivity index (χ0v) is 16.7. The molecule has 0 saturated carbocycles. The highest BCUT2D eigenvalue weighted by atomic mass is 79.9. The molecule has 2 aromatic rings. The molecule has 0 saturated heterocycles. The summed E-state index contributed by atoms with van der Waals surface area (Å²) in [6.45, 7) is 10.9. The van der Waals surface area contributed by atoms with Crippen molar-refractivity contribution in [2.75, 3.05) is 0 Å². The van der Waals surface area contributed by atoms with Crippen LogP contribution in [0.3, 0.4) is 0 Å². The number of nitrogens with zero attached hydrogens (tertiary/aromatic N) is 1. The summed E-state index contributed by atoms with van der Waals surface area (Å²) in [5, 5.41) is 1.12. The van der Waals surface area contributed by atoms with Crippen LogP contribution in [0.15, 0.2) is 27.1 Å². The smallest absolute Gasteiger partial charge is 0.231 e. The van der Waals surface area contributed by atoms with E-state index in [1.54, 1.807) is 0 Å². The fourth-order valence-corrected chi connectivity index (χ4v) is 4.70. The van der Waals surface area contributed by atoms with Gasteiger partial charge in [-0.15, -0.1) is 0 Å². The summed E-state index contributed by atoms with van der Waals surface area (Å²) in [4.78, 5) is 4.76. The van der Waals surface area contributed by atoms with Crippen LogP contribution in [0.4, 0.5) is 0 Å². The van der Waals surface area contributed by atoms with Gasteiger partial charge in [-0.1, -0.05) is 52.6 Å². The maximum absolute atomic E-state index is 5.87. The third-order valence-electron chi connectivity index (χ3n) is 2.96. The summed E-state index contributed by atoms with van der Waals surface area (Å²) in [5.41, 5.74) is 2.23. The number of rotatable bonds is 2. The second-order valence-electron chi connectivity index (χ2n) is 6.18. The minimum atomic E-state index is -1.15. The van der Waals surface area contributed by atoms with Gasteiger partial charge < -0.3 is 4.43 Å². The van der Waals surface area contributed by atoms with Gasteiger partial charge >= 0.3 is 0 Å². The number of aromatic nitrogens is 1. The summed E-state index contributed by atoms with van der Waals surface area (Å²) < 4.78 is 8.00. The van der Waals surface area contributed by atoms with Gasteiger partial charge in [0.05, 0.1) is 5.52 Å². The van der Waals surface area contributed by atoms with E-state index in [9.17, 15) is 0 Å². The van der Waals surface area contributed by atoms with Gasteiger partial charge in [-0.3, -0.25) is 0 Å². The Bertz CT molecular complexity index is 650. The van der Waals surface area contributed by atoms with Crippen LogP contribution in [0, 0.1) is 0 Å². The molecule has 0 aliphatic heterocycles. The number of hydrogen-bond acceptors (Lipinski definition) is 2. The minimum Gasteiger partial charge on any atom is -0.534 e. The molecule has 2 nitrogen and oxygen atoms in total. The molecule has 1 heterocycles. The Morgan fingerprint density at radius 1 is 1.10 bits per heavy atom. The van der Waals surface area contributed by atoms with Gasteiger partial charge in [0.1, 0.15) is 0 Å². The Morgan fingerprint density at radius 2 is 1.75 bits per heavy atom. The molecule has 20 heavy (non-hydrogen) atoms. The van der Waals surface area contributed by atoms with Gasteiger partial charge in [0.2, 0.25) is 9.04 Å². The van der Waals surface area contributed by atoms with Crippen LogP contribution >= 0.6 is 31.9 Å². The lowest BCUT2D eigenvalue weighted by Crippen LogP contribution is -2.15. The van der Waals surface area contributed by atoms with Gasteiger partial charge in [0.15, 0.2) is 5.88 Å². The first-order valence-electron chi connectivity index (χ1n) is 6.66. The molecule has 0 spiro atoms. The predicted octanol–water partition coefficient (Wildman–Crippen LogP) is 5.42. The van der Waals surface area contributed by atoms with E-state index >= 15 is 0 Å². The van der Waals surface area contributed by atoms with E-state index in [1.165, 1.54) is 5.56 Å². The van der Waals surface area contributed by atoms with Crippen molar-refractivity contribution in [3.8, 4) is 5.88 Å².